The molecule has 0 aliphatic rings. The van der Waals surface area contributed by atoms with Crippen molar-refractivity contribution < 1.29 is 13.5 Å². The summed E-state index contributed by atoms with van der Waals surface area (Å²) in [6.07, 6.45) is 3.82. The maximum absolute atomic E-state index is 11.0. The van der Waals surface area contributed by atoms with E-state index in [1.54, 1.807) is 6.92 Å². The first kappa shape index (κ1) is 10.2. The van der Waals surface area contributed by atoms with Crippen molar-refractivity contribution in [2.24, 2.45) is 0 Å². The third-order valence-electron chi connectivity index (χ3n) is 1.72. The number of rotatable bonds is 3. The van der Waals surface area contributed by atoms with Crippen molar-refractivity contribution in [1.82, 2.24) is 9.78 Å². The van der Waals surface area contributed by atoms with Crippen molar-refractivity contribution in [3.63, 3.8) is 0 Å². The van der Waals surface area contributed by atoms with Crippen LogP contribution in [0.4, 0.5) is 0 Å². The van der Waals surface area contributed by atoms with E-state index < -0.39 is 9.84 Å². The second kappa shape index (κ2) is 3.47. The minimum Gasteiger partial charge on any atom is -0.394 e. The van der Waals surface area contributed by atoms with Gasteiger partial charge in [0.1, 0.15) is 4.90 Å². The highest BCUT2D eigenvalue weighted by molar-refractivity contribution is 7.90. The number of hydrogen-bond donors (Lipinski definition) is 1. The van der Waals surface area contributed by atoms with Gasteiger partial charge in [0.2, 0.25) is 0 Å². The lowest BCUT2D eigenvalue weighted by molar-refractivity contribution is 0.229. The molecule has 1 unspecified atom stereocenters. The van der Waals surface area contributed by atoms with Gasteiger partial charge in [0, 0.05) is 12.5 Å². The average molecular weight is 204 g/mol. The van der Waals surface area contributed by atoms with Gasteiger partial charge in [-0.15, -0.1) is 0 Å². The lowest BCUT2D eigenvalue weighted by Crippen LogP contribution is -2.09. The van der Waals surface area contributed by atoms with Gasteiger partial charge in [0.15, 0.2) is 9.84 Å². The second-order valence-electron chi connectivity index (χ2n) is 2.96. The summed E-state index contributed by atoms with van der Waals surface area (Å²) in [5.74, 6) is 0. The standard InChI is InChI=1S/C7H12N2O3S/c1-6(5-10)9-4-7(3-8-9)13(2,11)12/h3-4,6,10H,5H2,1-2H3. The van der Waals surface area contributed by atoms with Crippen molar-refractivity contribution in [1.29, 1.82) is 0 Å². The highest BCUT2D eigenvalue weighted by Gasteiger charge is 2.12. The van der Waals surface area contributed by atoms with Crippen LogP contribution in [0.5, 0.6) is 0 Å². The number of aliphatic hydroxyl groups is 1. The van der Waals surface area contributed by atoms with Gasteiger partial charge in [-0.25, -0.2) is 8.42 Å². The molecule has 0 aromatic carbocycles. The molecule has 1 aromatic heterocycles. The zero-order chi connectivity index (χ0) is 10.1. The van der Waals surface area contributed by atoms with Gasteiger partial charge in [-0.1, -0.05) is 0 Å². The first-order chi connectivity index (χ1) is 5.95. The second-order valence-corrected chi connectivity index (χ2v) is 4.98. The molecule has 1 atom stereocenters. The normalized spacial score (nSPS) is 14.4. The number of aromatic nitrogens is 2. The Morgan fingerprint density at radius 1 is 1.69 bits per heavy atom. The predicted octanol–water partition coefficient (Wildman–Crippen LogP) is -0.160. The van der Waals surface area contributed by atoms with Crippen molar-refractivity contribution in [2.75, 3.05) is 12.9 Å². The van der Waals surface area contributed by atoms with Crippen molar-refractivity contribution in [3.05, 3.63) is 12.4 Å². The van der Waals surface area contributed by atoms with E-state index in [1.165, 1.54) is 17.1 Å². The van der Waals surface area contributed by atoms with Crippen LogP contribution in [0.1, 0.15) is 13.0 Å². The molecular weight excluding hydrogens is 192 g/mol. The Hall–Kier alpha value is -0.880. The molecule has 74 valence electrons. The summed E-state index contributed by atoms with van der Waals surface area (Å²) < 4.78 is 23.5. The van der Waals surface area contributed by atoms with Crippen LogP contribution in [0.25, 0.3) is 0 Å². The molecule has 13 heavy (non-hydrogen) atoms. The molecule has 0 aliphatic heterocycles. The third-order valence-corrected chi connectivity index (χ3v) is 2.79. The number of nitrogens with zero attached hydrogens (tertiary/aromatic N) is 2. The molecule has 0 fully saturated rings. The Balaban J connectivity index is 3.00. The average Bonchev–Trinajstić information content (AvgIpc) is 2.50. The summed E-state index contributed by atoms with van der Waals surface area (Å²) in [5, 5.41) is 12.6. The molecule has 0 radical (unpaired) electrons. The van der Waals surface area contributed by atoms with Gasteiger partial charge in [-0.2, -0.15) is 5.10 Å². The van der Waals surface area contributed by atoms with E-state index in [-0.39, 0.29) is 17.5 Å². The first-order valence-electron chi connectivity index (χ1n) is 3.80. The molecule has 0 saturated carbocycles. The fraction of sp³-hybridized carbons (Fsp3) is 0.571. The molecule has 6 heteroatoms. The van der Waals surface area contributed by atoms with Crippen LogP contribution in [-0.4, -0.2) is 36.2 Å². The van der Waals surface area contributed by atoms with Crippen LogP contribution < -0.4 is 0 Å². The van der Waals surface area contributed by atoms with Gasteiger partial charge >= 0.3 is 0 Å². The van der Waals surface area contributed by atoms with E-state index in [0.29, 0.717) is 0 Å². The number of aliphatic hydroxyl groups excluding tert-OH is 1. The molecule has 1 N–H and O–H groups in total. The largest absolute Gasteiger partial charge is 0.394 e. The molecule has 0 amide bonds. The molecule has 0 spiro atoms. The summed E-state index contributed by atoms with van der Waals surface area (Å²) in [6.45, 7) is 1.68. The molecule has 1 heterocycles. The van der Waals surface area contributed by atoms with Crippen molar-refractivity contribution in [2.45, 2.75) is 17.9 Å². The van der Waals surface area contributed by atoms with E-state index >= 15 is 0 Å². The minimum atomic E-state index is -3.19. The zero-order valence-electron chi connectivity index (χ0n) is 7.51. The van der Waals surface area contributed by atoms with Crippen LogP contribution in [-0.2, 0) is 9.84 Å². The van der Waals surface area contributed by atoms with Crippen molar-refractivity contribution in [3.8, 4) is 0 Å². The van der Waals surface area contributed by atoms with E-state index in [4.69, 9.17) is 5.11 Å². The lowest BCUT2D eigenvalue weighted by Gasteiger charge is -2.06. The highest BCUT2D eigenvalue weighted by Crippen LogP contribution is 2.10. The molecular formula is C7H12N2O3S. The van der Waals surface area contributed by atoms with Gasteiger partial charge in [-0.3, -0.25) is 4.68 Å². The minimum absolute atomic E-state index is 0.0646. The van der Waals surface area contributed by atoms with Gasteiger partial charge in [0.25, 0.3) is 0 Å². The Morgan fingerprint density at radius 3 is 2.69 bits per heavy atom. The molecule has 1 aromatic rings. The van der Waals surface area contributed by atoms with E-state index in [2.05, 4.69) is 5.10 Å². The lowest BCUT2D eigenvalue weighted by atomic mass is 10.4. The van der Waals surface area contributed by atoms with E-state index in [0.717, 1.165) is 6.26 Å². The quantitative estimate of drug-likeness (QED) is 0.742. The maximum Gasteiger partial charge on any atom is 0.178 e. The Morgan fingerprint density at radius 2 is 2.31 bits per heavy atom. The summed E-state index contributed by atoms with van der Waals surface area (Å²) in [4.78, 5) is 0.174. The molecule has 1 rings (SSSR count). The van der Waals surface area contributed by atoms with Crippen LogP contribution in [0, 0.1) is 0 Å². The molecule has 5 nitrogen and oxygen atoms in total. The SMILES string of the molecule is CC(CO)n1cc(S(C)(=O)=O)cn1. The summed E-state index contributed by atoms with van der Waals surface area (Å²) in [7, 11) is -3.19. The summed E-state index contributed by atoms with van der Waals surface area (Å²) in [5.41, 5.74) is 0. The molecule has 0 saturated heterocycles. The van der Waals surface area contributed by atoms with Gasteiger partial charge in [0.05, 0.1) is 18.8 Å². The summed E-state index contributed by atoms with van der Waals surface area (Å²) >= 11 is 0. The maximum atomic E-state index is 11.0. The fourth-order valence-electron chi connectivity index (χ4n) is 0.837. The zero-order valence-corrected chi connectivity index (χ0v) is 8.32. The van der Waals surface area contributed by atoms with Gasteiger partial charge in [-0.05, 0) is 6.92 Å². The van der Waals surface area contributed by atoms with Crippen molar-refractivity contribution >= 4 is 9.84 Å². The topological polar surface area (TPSA) is 72.2 Å². The number of hydrogen-bond acceptors (Lipinski definition) is 4. The highest BCUT2D eigenvalue weighted by atomic mass is 32.2. The van der Waals surface area contributed by atoms with Gasteiger partial charge < -0.3 is 5.11 Å². The first-order valence-corrected chi connectivity index (χ1v) is 5.69. The monoisotopic (exact) mass is 204 g/mol. The number of sulfone groups is 1. The Bertz CT molecular complexity index is 382. The van der Waals surface area contributed by atoms with E-state index in [1.807, 2.05) is 0 Å². The fourth-order valence-corrected chi connectivity index (χ4v) is 1.37. The van der Waals surface area contributed by atoms with E-state index in [9.17, 15) is 8.42 Å². The van der Waals surface area contributed by atoms with Crippen LogP contribution in [0.15, 0.2) is 17.3 Å². The van der Waals surface area contributed by atoms with Crippen LogP contribution >= 0.6 is 0 Å². The smallest absolute Gasteiger partial charge is 0.178 e. The Kier molecular flexibility index (Phi) is 2.72. The third kappa shape index (κ3) is 2.28. The van der Waals surface area contributed by atoms with Crippen LogP contribution in [0.3, 0.4) is 0 Å². The Labute approximate surface area is 76.9 Å². The molecule has 0 bridgehead atoms. The summed E-state index contributed by atoms with van der Waals surface area (Å²) in [6, 6.07) is -0.199. The van der Waals surface area contributed by atoms with Crippen LogP contribution in [0.2, 0.25) is 0 Å². The predicted molar refractivity (Wildman–Crippen MR) is 47.1 cm³/mol. The molecule has 0 aliphatic carbocycles.